The first-order chi connectivity index (χ1) is 26.0. The summed E-state index contributed by atoms with van der Waals surface area (Å²) in [5.74, 6) is -2.02. The van der Waals surface area contributed by atoms with Gasteiger partial charge in [-0.1, -0.05) is 115 Å². The highest BCUT2D eigenvalue weighted by atomic mass is 32.2. The molecule has 1 aliphatic heterocycles. The smallest absolute Gasteiger partial charge is 0.306 e. The molecular formula is C41H72O12S. The topological polar surface area (TPSA) is 186 Å². The lowest BCUT2D eigenvalue weighted by molar-refractivity contribution is -0.297. The van der Waals surface area contributed by atoms with E-state index >= 15 is 0 Å². The third-order valence-corrected chi connectivity index (χ3v) is 9.94. The van der Waals surface area contributed by atoms with Crippen LogP contribution in [0.1, 0.15) is 155 Å². The molecule has 2 unspecified atom stereocenters. The molecule has 0 aromatic rings. The Morgan fingerprint density at radius 1 is 0.630 bits per heavy atom. The average Bonchev–Trinajstić information content (AvgIpc) is 3.13. The minimum Gasteiger partial charge on any atom is -0.462 e. The second-order valence-corrected chi connectivity index (χ2v) is 15.8. The fourth-order valence-corrected chi connectivity index (χ4v) is 6.61. The Bertz CT molecular complexity index is 1150. The highest BCUT2D eigenvalue weighted by molar-refractivity contribution is 7.85. The molecule has 0 aliphatic carbocycles. The van der Waals surface area contributed by atoms with E-state index in [2.05, 4.69) is 50.3 Å². The van der Waals surface area contributed by atoms with Crippen molar-refractivity contribution in [2.45, 2.75) is 192 Å². The Labute approximate surface area is 325 Å². The molecule has 1 saturated heterocycles. The quantitative estimate of drug-likeness (QED) is 0.0223. The molecule has 0 aromatic carbocycles. The molecule has 314 valence electrons. The molecule has 54 heavy (non-hydrogen) atoms. The normalized spacial score (nSPS) is 21.3. The van der Waals surface area contributed by atoms with Gasteiger partial charge in [-0.15, -0.1) is 0 Å². The number of esters is 2. The number of allylic oxidation sites excluding steroid dienone is 6. The molecule has 6 atom stereocenters. The molecule has 0 saturated carbocycles. The van der Waals surface area contributed by atoms with Gasteiger partial charge < -0.3 is 34.3 Å². The molecule has 1 aliphatic rings. The van der Waals surface area contributed by atoms with Crippen molar-refractivity contribution >= 4 is 22.1 Å². The zero-order chi connectivity index (χ0) is 39.9. The summed E-state index contributed by atoms with van der Waals surface area (Å²) in [5.41, 5.74) is 0. The van der Waals surface area contributed by atoms with Gasteiger partial charge in [0.15, 0.2) is 12.4 Å². The van der Waals surface area contributed by atoms with Gasteiger partial charge >= 0.3 is 11.9 Å². The van der Waals surface area contributed by atoms with Crippen LogP contribution in [-0.4, -0.2) is 96.0 Å². The van der Waals surface area contributed by atoms with E-state index in [0.717, 1.165) is 83.5 Å². The molecule has 1 rings (SSSR count). The van der Waals surface area contributed by atoms with E-state index in [9.17, 15) is 37.9 Å². The summed E-state index contributed by atoms with van der Waals surface area (Å²) < 4.78 is 53.8. The van der Waals surface area contributed by atoms with Crippen LogP contribution < -0.4 is 0 Å². The molecule has 13 heteroatoms. The predicted molar refractivity (Wildman–Crippen MR) is 210 cm³/mol. The third-order valence-electron chi connectivity index (χ3n) is 9.19. The highest BCUT2D eigenvalue weighted by Gasteiger charge is 2.46. The van der Waals surface area contributed by atoms with E-state index in [1.807, 2.05) is 0 Å². The van der Waals surface area contributed by atoms with Crippen LogP contribution in [0.2, 0.25) is 0 Å². The van der Waals surface area contributed by atoms with Crippen molar-refractivity contribution in [3.63, 3.8) is 0 Å². The minimum absolute atomic E-state index is 0.146. The van der Waals surface area contributed by atoms with Crippen molar-refractivity contribution in [3.05, 3.63) is 36.5 Å². The molecule has 1 heterocycles. The summed E-state index contributed by atoms with van der Waals surface area (Å²) in [4.78, 5) is 25.3. The van der Waals surface area contributed by atoms with Gasteiger partial charge in [0.05, 0.1) is 6.61 Å². The second-order valence-electron chi connectivity index (χ2n) is 14.3. The lowest BCUT2D eigenvalue weighted by Gasteiger charge is -2.40. The van der Waals surface area contributed by atoms with E-state index in [0.29, 0.717) is 12.8 Å². The SMILES string of the molecule is CCCC/C=C/CCCCCCCC(=O)OC[C@H](CO[C@H]1O[C@H](CS(=O)(=O)O)[C@@H](O)C(O)C1O)OC(=O)CCCCCCC/C=C/C/C=C/CCCCC. The average molecular weight is 789 g/mol. The number of unbranched alkanes of at least 4 members (excludes halogenated alkanes) is 15. The first kappa shape index (κ1) is 49.9. The lowest BCUT2D eigenvalue weighted by Crippen LogP contribution is -2.60. The van der Waals surface area contributed by atoms with Crippen molar-refractivity contribution in [1.82, 2.24) is 0 Å². The Kier molecular flexibility index (Phi) is 29.6. The summed E-state index contributed by atoms with van der Waals surface area (Å²) >= 11 is 0. The number of carbonyl (C=O) groups excluding carboxylic acids is 2. The number of rotatable bonds is 33. The number of carbonyl (C=O) groups is 2. The van der Waals surface area contributed by atoms with Gasteiger partial charge in [-0.2, -0.15) is 8.42 Å². The zero-order valence-electron chi connectivity index (χ0n) is 33.1. The fraction of sp³-hybridized carbons (Fsp3) is 0.805. The van der Waals surface area contributed by atoms with Gasteiger partial charge in [0.1, 0.15) is 36.8 Å². The number of ether oxygens (including phenoxy) is 4. The van der Waals surface area contributed by atoms with Crippen LogP contribution in [0.15, 0.2) is 36.5 Å². The third kappa shape index (κ3) is 26.6. The number of aliphatic hydroxyl groups excluding tert-OH is 3. The summed E-state index contributed by atoms with van der Waals surface area (Å²) in [7, 11) is -4.60. The lowest BCUT2D eigenvalue weighted by atomic mass is 10.00. The Morgan fingerprint density at radius 2 is 1.13 bits per heavy atom. The van der Waals surface area contributed by atoms with Crippen molar-refractivity contribution in [1.29, 1.82) is 0 Å². The van der Waals surface area contributed by atoms with Crippen molar-refractivity contribution in [2.24, 2.45) is 0 Å². The van der Waals surface area contributed by atoms with Crippen LogP contribution >= 0.6 is 0 Å². The van der Waals surface area contributed by atoms with Crippen molar-refractivity contribution in [3.8, 4) is 0 Å². The number of hydrogen-bond donors (Lipinski definition) is 4. The van der Waals surface area contributed by atoms with Crippen LogP contribution in [0.25, 0.3) is 0 Å². The summed E-state index contributed by atoms with van der Waals surface area (Å²) in [6, 6.07) is 0. The summed E-state index contributed by atoms with van der Waals surface area (Å²) in [5, 5.41) is 30.8. The molecular weight excluding hydrogens is 717 g/mol. The maximum Gasteiger partial charge on any atom is 0.306 e. The van der Waals surface area contributed by atoms with Gasteiger partial charge in [-0.25, -0.2) is 0 Å². The van der Waals surface area contributed by atoms with Crippen LogP contribution in [0, 0.1) is 0 Å². The highest BCUT2D eigenvalue weighted by Crippen LogP contribution is 2.24. The maximum atomic E-state index is 12.8. The van der Waals surface area contributed by atoms with Crippen molar-refractivity contribution in [2.75, 3.05) is 19.0 Å². The van der Waals surface area contributed by atoms with Gasteiger partial charge in [0, 0.05) is 12.8 Å². The fourth-order valence-electron chi connectivity index (χ4n) is 5.92. The van der Waals surface area contributed by atoms with Crippen molar-refractivity contribution < 1.29 is 56.8 Å². The Balaban J connectivity index is 2.52. The Hall–Kier alpha value is -2.13. The summed E-state index contributed by atoms with van der Waals surface area (Å²) in [6.07, 6.45) is 24.8. The molecule has 0 spiro atoms. The summed E-state index contributed by atoms with van der Waals surface area (Å²) in [6.45, 7) is 3.65. The first-order valence-corrected chi connectivity index (χ1v) is 22.2. The van der Waals surface area contributed by atoms with Gasteiger partial charge in [0.2, 0.25) is 0 Å². The molecule has 0 radical (unpaired) electrons. The molecule has 4 N–H and O–H groups in total. The van der Waals surface area contributed by atoms with Gasteiger partial charge in [-0.3, -0.25) is 14.1 Å². The predicted octanol–water partition coefficient (Wildman–Crippen LogP) is 7.44. The van der Waals surface area contributed by atoms with Crippen LogP contribution in [0.4, 0.5) is 0 Å². The zero-order valence-corrected chi connectivity index (χ0v) is 33.9. The second kappa shape index (κ2) is 32.0. The van der Waals surface area contributed by atoms with E-state index < -0.39 is 71.2 Å². The van der Waals surface area contributed by atoms with Crippen LogP contribution in [-0.2, 0) is 38.7 Å². The standard InChI is InChI=1S/C41H72O12S/c1-3-5-7-9-11-13-15-16-17-18-20-22-24-26-28-30-37(43)52-34(31-50-36(42)29-27-25-23-21-19-14-12-10-8-6-4-2)32-51-41-40(46)39(45)38(44)35(53-41)33-54(47,48)49/h10-13,16-17,34-35,38-41,44-46H,3-9,14-15,18-33H2,1-2H3,(H,47,48,49)/b12-10+,13-11+,17-16+/t34-,35-,38-,39?,40?,41+/m1/s1. The van der Waals surface area contributed by atoms with E-state index in [1.165, 1.54) is 32.1 Å². The van der Waals surface area contributed by atoms with Gasteiger partial charge in [0.25, 0.3) is 10.1 Å². The van der Waals surface area contributed by atoms with Crippen LogP contribution in [0.5, 0.6) is 0 Å². The Morgan fingerprint density at radius 3 is 1.70 bits per heavy atom. The molecule has 0 amide bonds. The molecule has 0 aromatic heterocycles. The molecule has 1 fully saturated rings. The largest absolute Gasteiger partial charge is 0.462 e. The molecule has 0 bridgehead atoms. The number of aliphatic hydroxyl groups is 3. The monoisotopic (exact) mass is 788 g/mol. The van der Waals surface area contributed by atoms with Gasteiger partial charge in [-0.05, 0) is 64.2 Å². The maximum absolute atomic E-state index is 12.8. The van der Waals surface area contributed by atoms with E-state index in [1.54, 1.807) is 0 Å². The first-order valence-electron chi connectivity index (χ1n) is 20.5. The molecule has 12 nitrogen and oxygen atoms in total. The van der Waals surface area contributed by atoms with E-state index in [-0.39, 0.29) is 19.4 Å². The van der Waals surface area contributed by atoms with E-state index in [4.69, 9.17) is 18.9 Å². The van der Waals surface area contributed by atoms with Crippen LogP contribution in [0.3, 0.4) is 0 Å². The minimum atomic E-state index is -4.60. The number of hydrogen-bond acceptors (Lipinski definition) is 11.